The molecule has 158 valence electrons. The van der Waals surface area contributed by atoms with Crippen molar-refractivity contribution in [3.05, 3.63) is 59.5 Å². The molecule has 1 fully saturated rings. The molecule has 0 saturated heterocycles. The van der Waals surface area contributed by atoms with Crippen molar-refractivity contribution in [2.45, 2.75) is 28.5 Å². The number of aryl methyl sites for hydroxylation is 1. The van der Waals surface area contributed by atoms with Crippen molar-refractivity contribution < 1.29 is 9.47 Å². The van der Waals surface area contributed by atoms with Gasteiger partial charge in [0, 0.05) is 24.7 Å². The molecule has 1 aromatic carbocycles. The summed E-state index contributed by atoms with van der Waals surface area (Å²) >= 11 is 7.53. The molecule has 0 bridgehead atoms. The lowest BCUT2D eigenvalue weighted by Gasteiger charge is -2.17. The average molecular weight is 454 g/mol. The Kier molecular flexibility index (Phi) is 5.41. The molecular weight excluding hydrogens is 434 g/mol. The van der Waals surface area contributed by atoms with E-state index in [-0.39, 0.29) is 12.2 Å². The number of aromatic nitrogens is 3. The van der Waals surface area contributed by atoms with Gasteiger partial charge in [0.25, 0.3) is 0 Å². The van der Waals surface area contributed by atoms with Crippen molar-refractivity contribution in [3.63, 3.8) is 0 Å². The van der Waals surface area contributed by atoms with Crippen LogP contribution in [0.2, 0.25) is 5.02 Å². The van der Waals surface area contributed by atoms with E-state index in [4.69, 9.17) is 21.1 Å². The first-order valence-electron chi connectivity index (χ1n) is 9.85. The molecular formula is C22H20ClN5O2S. The predicted octanol–water partition coefficient (Wildman–Crippen LogP) is 4.78. The third-order valence-electron chi connectivity index (χ3n) is 5.42. The number of pyridine rings is 1. The minimum Gasteiger partial charge on any atom is -0.453 e. The maximum atomic E-state index is 5.96. The molecule has 2 aliphatic rings. The van der Waals surface area contributed by atoms with Crippen molar-refractivity contribution in [1.29, 1.82) is 0 Å². The second kappa shape index (κ2) is 8.36. The van der Waals surface area contributed by atoms with Crippen molar-refractivity contribution >= 4 is 35.7 Å². The van der Waals surface area contributed by atoms with Crippen LogP contribution in [0.5, 0.6) is 0 Å². The van der Waals surface area contributed by atoms with Crippen LogP contribution in [-0.4, -0.2) is 40.0 Å². The fourth-order valence-electron chi connectivity index (χ4n) is 3.71. The first-order valence-corrected chi connectivity index (χ1v) is 11.0. The average Bonchev–Trinajstić information content (AvgIpc) is 3.53. The van der Waals surface area contributed by atoms with Crippen LogP contribution in [0.4, 0.5) is 0 Å². The molecule has 1 aliphatic carbocycles. The SMILES string of the molecule is COC1=NN=CC(C2CC2c2ccc(-c3ncn(C)c3Sc3ccc(Cl)cn3)cc2)O1. The van der Waals surface area contributed by atoms with Gasteiger partial charge in [-0.1, -0.05) is 41.0 Å². The number of hydrogen-bond donors (Lipinski definition) is 0. The highest BCUT2D eigenvalue weighted by Gasteiger charge is 2.45. The van der Waals surface area contributed by atoms with Crippen LogP contribution >= 0.6 is 23.4 Å². The predicted molar refractivity (Wildman–Crippen MR) is 121 cm³/mol. The number of imidazole rings is 1. The van der Waals surface area contributed by atoms with Gasteiger partial charge in [-0.15, -0.1) is 0 Å². The van der Waals surface area contributed by atoms with Gasteiger partial charge in [0.1, 0.15) is 21.8 Å². The lowest BCUT2D eigenvalue weighted by Crippen LogP contribution is -2.26. The minimum atomic E-state index is -0.0946. The Hall–Kier alpha value is -2.84. The molecule has 0 radical (unpaired) electrons. The number of nitrogens with zero attached hydrogens (tertiary/aromatic N) is 5. The highest BCUT2D eigenvalue weighted by atomic mass is 35.5. The quantitative estimate of drug-likeness (QED) is 0.556. The summed E-state index contributed by atoms with van der Waals surface area (Å²) < 4.78 is 12.8. The summed E-state index contributed by atoms with van der Waals surface area (Å²) in [6, 6.07) is 12.4. The van der Waals surface area contributed by atoms with E-state index in [1.54, 1.807) is 24.2 Å². The van der Waals surface area contributed by atoms with E-state index in [2.05, 4.69) is 44.4 Å². The van der Waals surface area contributed by atoms with Gasteiger partial charge in [-0.3, -0.25) is 0 Å². The molecule has 3 aromatic rings. The molecule has 3 unspecified atom stereocenters. The number of benzene rings is 1. The van der Waals surface area contributed by atoms with Crippen LogP contribution in [-0.2, 0) is 16.5 Å². The molecule has 3 heterocycles. The van der Waals surface area contributed by atoms with Crippen LogP contribution in [0.1, 0.15) is 17.9 Å². The maximum absolute atomic E-state index is 5.96. The van der Waals surface area contributed by atoms with E-state index in [0.29, 0.717) is 16.9 Å². The van der Waals surface area contributed by atoms with Crippen LogP contribution < -0.4 is 0 Å². The lowest BCUT2D eigenvalue weighted by atomic mass is 10.0. The summed E-state index contributed by atoms with van der Waals surface area (Å²) in [6.45, 7) is 0. The third kappa shape index (κ3) is 4.18. The van der Waals surface area contributed by atoms with Gasteiger partial charge in [-0.05, 0) is 41.8 Å². The number of methoxy groups -OCH3 is 1. The Morgan fingerprint density at radius 2 is 2.00 bits per heavy atom. The largest absolute Gasteiger partial charge is 0.453 e. The van der Waals surface area contributed by atoms with Crippen molar-refractivity contribution in [3.8, 4) is 11.3 Å². The Labute approximate surface area is 189 Å². The Morgan fingerprint density at radius 3 is 2.74 bits per heavy atom. The van der Waals surface area contributed by atoms with E-state index < -0.39 is 0 Å². The summed E-state index contributed by atoms with van der Waals surface area (Å²) in [6.07, 6.45) is 6.42. The normalized spacial score (nSPS) is 22.0. The summed E-state index contributed by atoms with van der Waals surface area (Å²) in [5.74, 6) is 0.824. The van der Waals surface area contributed by atoms with E-state index in [1.165, 1.54) is 12.7 Å². The summed E-state index contributed by atoms with van der Waals surface area (Å²) in [5.41, 5.74) is 3.30. The molecule has 9 heteroatoms. The molecule has 1 saturated carbocycles. The molecule has 1 aliphatic heterocycles. The van der Waals surface area contributed by atoms with E-state index >= 15 is 0 Å². The van der Waals surface area contributed by atoms with Gasteiger partial charge < -0.3 is 14.0 Å². The van der Waals surface area contributed by atoms with Gasteiger partial charge in [0.2, 0.25) is 0 Å². The van der Waals surface area contributed by atoms with E-state index in [1.807, 2.05) is 30.1 Å². The fraction of sp³-hybridized carbons (Fsp3) is 0.273. The van der Waals surface area contributed by atoms with E-state index in [0.717, 1.165) is 27.7 Å². The highest BCUT2D eigenvalue weighted by Crippen LogP contribution is 2.50. The van der Waals surface area contributed by atoms with Crippen LogP contribution in [0.3, 0.4) is 0 Å². The highest BCUT2D eigenvalue weighted by molar-refractivity contribution is 7.99. The van der Waals surface area contributed by atoms with Crippen LogP contribution in [0.25, 0.3) is 11.3 Å². The second-order valence-electron chi connectivity index (χ2n) is 7.47. The maximum Gasteiger partial charge on any atom is 0.408 e. The zero-order valence-corrected chi connectivity index (χ0v) is 18.5. The molecule has 7 nitrogen and oxygen atoms in total. The Morgan fingerprint density at radius 1 is 1.16 bits per heavy atom. The zero-order valence-electron chi connectivity index (χ0n) is 17.0. The van der Waals surface area contributed by atoms with Gasteiger partial charge in [-0.25, -0.2) is 9.97 Å². The number of rotatable bonds is 5. The topological polar surface area (TPSA) is 73.9 Å². The van der Waals surface area contributed by atoms with Crippen LogP contribution in [0.15, 0.2) is 69.2 Å². The number of hydrogen-bond acceptors (Lipinski definition) is 7. The Balaban J connectivity index is 1.31. The summed E-state index contributed by atoms with van der Waals surface area (Å²) in [5, 5.41) is 10.3. The summed E-state index contributed by atoms with van der Waals surface area (Å²) in [4.78, 5) is 9.01. The minimum absolute atomic E-state index is 0.0946. The van der Waals surface area contributed by atoms with Gasteiger partial charge in [0.05, 0.1) is 24.7 Å². The van der Waals surface area contributed by atoms with Crippen molar-refractivity contribution in [2.24, 2.45) is 23.2 Å². The molecule has 2 aromatic heterocycles. The van der Waals surface area contributed by atoms with Crippen LogP contribution in [0, 0.1) is 5.92 Å². The van der Waals surface area contributed by atoms with Gasteiger partial charge in [-0.2, -0.15) is 5.10 Å². The van der Waals surface area contributed by atoms with Crippen molar-refractivity contribution in [1.82, 2.24) is 14.5 Å². The van der Waals surface area contributed by atoms with Gasteiger partial charge >= 0.3 is 6.08 Å². The first kappa shape index (κ1) is 20.1. The monoisotopic (exact) mass is 453 g/mol. The molecule has 0 spiro atoms. The molecule has 5 rings (SSSR count). The summed E-state index contributed by atoms with van der Waals surface area (Å²) in [7, 11) is 3.52. The fourth-order valence-corrected chi connectivity index (χ4v) is 4.72. The van der Waals surface area contributed by atoms with Crippen molar-refractivity contribution in [2.75, 3.05) is 7.11 Å². The first-order chi connectivity index (χ1) is 15.1. The Bertz CT molecular complexity index is 1140. The smallest absolute Gasteiger partial charge is 0.408 e. The zero-order chi connectivity index (χ0) is 21.4. The van der Waals surface area contributed by atoms with Gasteiger partial charge in [0.15, 0.2) is 0 Å². The number of ether oxygens (including phenoxy) is 2. The molecule has 31 heavy (non-hydrogen) atoms. The molecule has 3 atom stereocenters. The molecule has 0 N–H and O–H groups in total. The third-order valence-corrected chi connectivity index (χ3v) is 6.77. The lowest BCUT2D eigenvalue weighted by molar-refractivity contribution is 0.148. The second-order valence-corrected chi connectivity index (χ2v) is 8.92. The van der Waals surface area contributed by atoms with E-state index in [9.17, 15) is 0 Å². The number of halogens is 1. The molecule has 0 amide bonds. The standard InChI is InChI=1S/C22H20ClN5O2S/c1-28-12-25-20(21(28)31-19-8-7-15(23)10-24-19)14-5-3-13(4-6-14)16-9-17(16)18-11-26-27-22(29-2)30-18/h3-8,10-12,16-18H,9H2,1-2H3.